The number of carbonyl (C=O) groups is 1. The molecule has 0 amide bonds. The van der Waals surface area contributed by atoms with Crippen molar-refractivity contribution in [3.8, 4) is 0 Å². The Morgan fingerprint density at radius 2 is 1.94 bits per heavy atom. The first-order valence-corrected chi connectivity index (χ1v) is 7.26. The van der Waals surface area contributed by atoms with Gasteiger partial charge in [0.05, 0.1) is 0 Å². The van der Waals surface area contributed by atoms with E-state index in [0.29, 0.717) is 5.41 Å². The molecule has 3 aliphatic carbocycles. The molecule has 1 N–H and O–H groups in total. The lowest BCUT2D eigenvalue weighted by atomic mass is 9.69. The summed E-state index contributed by atoms with van der Waals surface area (Å²) in [6, 6.07) is 0. The van der Waals surface area contributed by atoms with Gasteiger partial charge < -0.3 is 5.11 Å². The highest BCUT2D eigenvalue weighted by molar-refractivity contribution is 5.80. The molecule has 98 valence electrons. The van der Waals surface area contributed by atoms with Gasteiger partial charge in [-0.1, -0.05) is 37.5 Å². The quantitative estimate of drug-likeness (QED) is 0.607. The molecule has 3 fully saturated rings. The van der Waals surface area contributed by atoms with Crippen molar-refractivity contribution in [2.75, 3.05) is 0 Å². The third kappa shape index (κ3) is 2.25. The number of aliphatic carboxylic acids is 1. The zero-order valence-corrected chi connectivity index (χ0v) is 10.8. The average molecular weight is 246 g/mol. The summed E-state index contributed by atoms with van der Waals surface area (Å²) in [7, 11) is 0. The topological polar surface area (TPSA) is 37.3 Å². The van der Waals surface area contributed by atoms with E-state index in [4.69, 9.17) is 5.11 Å². The molecule has 0 aromatic heterocycles. The van der Waals surface area contributed by atoms with E-state index >= 15 is 0 Å². The Kier molecular flexibility index (Phi) is 3.04. The number of hydrogen-bond donors (Lipinski definition) is 1. The summed E-state index contributed by atoms with van der Waals surface area (Å²) in [5, 5.41) is 8.59. The van der Waals surface area contributed by atoms with Crippen LogP contribution in [-0.2, 0) is 4.79 Å². The van der Waals surface area contributed by atoms with Crippen LogP contribution in [0.3, 0.4) is 0 Å². The molecule has 3 bridgehead atoms. The minimum atomic E-state index is -0.859. The number of carboxylic acid groups (broad SMARTS) is 1. The van der Waals surface area contributed by atoms with Crippen molar-refractivity contribution in [3.63, 3.8) is 0 Å². The molecule has 0 aromatic carbocycles. The fourth-order valence-electron chi connectivity index (χ4n) is 4.82. The summed E-state index contributed by atoms with van der Waals surface area (Å²) in [6.07, 6.45) is 17.0. The maximum atomic E-state index is 10.4. The smallest absolute Gasteiger partial charge is 0.328 e. The first kappa shape index (κ1) is 12.0. The Hall–Kier alpha value is -1.05. The Bertz CT molecular complexity index is 392. The van der Waals surface area contributed by atoms with E-state index in [1.165, 1.54) is 51.0 Å². The fraction of sp³-hybridized carbons (Fsp3) is 0.688. The van der Waals surface area contributed by atoms with Gasteiger partial charge in [0.2, 0.25) is 0 Å². The molecule has 2 nitrogen and oxygen atoms in total. The van der Waals surface area contributed by atoms with E-state index in [1.54, 1.807) is 6.08 Å². The second-order valence-electron chi connectivity index (χ2n) is 6.58. The Balaban J connectivity index is 1.74. The Morgan fingerprint density at radius 1 is 1.11 bits per heavy atom. The maximum absolute atomic E-state index is 10.4. The lowest BCUT2D eigenvalue weighted by Crippen LogP contribution is -2.24. The number of rotatable bonds is 3. The monoisotopic (exact) mass is 246 g/mol. The van der Waals surface area contributed by atoms with Crippen molar-refractivity contribution in [3.05, 3.63) is 24.3 Å². The van der Waals surface area contributed by atoms with Crippen LogP contribution in [0.1, 0.15) is 44.9 Å². The molecular formula is C16H22O2. The first-order chi connectivity index (χ1) is 8.67. The molecule has 0 saturated heterocycles. The molecule has 0 spiro atoms. The summed E-state index contributed by atoms with van der Waals surface area (Å²) in [5.41, 5.74) is 0.404. The second kappa shape index (κ2) is 4.56. The highest BCUT2D eigenvalue weighted by atomic mass is 16.4. The third-order valence-electron chi connectivity index (χ3n) is 5.32. The van der Waals surface area contributed by atoms with Crippen molar-refractivity contribution in [1.82, 2.24) is 0 Å². The molecule has 3 aliphatic rings. The van der Waals surface area contributed by atoms with Gasteiger partial charge in [0.1, 0.15) is 0 Å². The van der Waals surface area contributed by atoms with Gasteiger partial charge in [-0.3, -0.25) is 0 Å². The van der Waals surface area contributed by atoms with E-state index in [0.717, 1.165) is 17.8 Å². The predicted octanol–water partition coefficient (Wildman–Crippen LogP) is 3.79. The highest BCUT2D eigenvalue weighted by Crippen LogP contribution is 2.60. The minimum absolute atomic E-state index is 0.404. The molecule has 0 heterocycles. The fourth-order valence-corrected chi connectivity index (χ4v) is 4.82. The summed E-state index contributed by atoms with van der Waals surface area (Å²) in [4.78, 5) is 10.4. The molecule has 0 radical (unpaired) electrons. The van der Waals surface area contributed by atoms with E-state index in [9.17, 15) is 4.79 Å². The molecule has 4 atom stereocenters. The zero-order chi connectivity index (χ0) is 12.6. The third-order valence-corrected chi connectivity index (χ3v) is 5.32. The molecule has 4 unspecified atom stereocenters. The van der Waals surface area contributed by atoms with Crippen LogP contribution in [0, 0.1) is 23.2 Å². The van der Waals surface area contributed by atoms with E-state index in [-0.39, 0.29) is 0 Å². The lowest BCUT2D eigenvalue weighted by molar-refractivity contribution is -0.131. The molecule has 18 heavy (non-hydrogen) atoms. The lowest BCUT2D eigenvalue weighted by Gasteiger charge is -2.35. The summed E-state index contributed by atoms with van der Waals surface area (Å²) < 4.78 is 0. The summed E-state index contributed by atoms with van der Waals surface area (Å²) >= 11 is 0. The van der Waals surface area contributed by atoms with Crippen molar-refractivity contribution in [2.24, 2.45) is 23.2 Å². The van der Waals surface area contributed by atoms with Gasteiger partial charge in [0.15, 0.2) is 0 Å². The Morgan fingerprint density at radius 3 is 2.78 bits per heavy atom. The summed E-state index contributed by atoms with van der Waals surface area (Å²) in [6.45, 7) is 0. The van der Waals surface area contributed by atoms with Crippen LogP contribution in [0.15, 0.2) is 24.3 Å². The second-order valence-corrected chi connectivity index (χ2v) is 6.58. The predicted molar refractivity (Wildman–Crippen MR) is 71.1 cm³/mol. The van der Waals surface area contributed by atoms with Crippen LogP contribution in [0.25, 0.3) is 0 Å². The zero-order valence-electron chi connectivity index (χ0n) is 10.8. The van der Waals surface area contributed by atoms with Crippen molar-refractivity contribution in [1.29, 1.82) is 0 Å². The number of allylic oxidation sites excluding steroid dienone is 3. The van der Waals surface area contributed by atoms with E-state index in [1.807, 2.05) is 6.08 Å². The normalized spacial score (nSPS) is 42.8. The highest BCUT2D eigenvalue weighted by Gasteiger charge is 2.49. The van der Waals surface area contributed by atoms with Crippen LogP contribution in [0.2, 0.25) is 0 Å². The van der Waals surface area contributed by atoms with Crippen molar-refractivity contribution < 1.29 is 9.90 Å². The van der Waals surface area contributed by atoms with E-state index in [2.05, 4.69) is 6.08 Å². The van der Waals surface area contributed by atoms with Crippen LogP contribution in [-0.4, -0.2) is 11.1 Å². The summed E-state index contributed by atoms with van der Waals surface area (Å²) in [5.74, 6) is 1.98. The largest absolute Gasteiger partial charge is 0.478 e. The van der Waals surface area contributed by atoms with Gasteiger partial charge in [0.25, 0.3) is 0 Å². The standard InChI is InChI=1S/C16H22O2/c17-15(18)6-1-2-7-16-9-12-4-3-5-13(10-16)14(8-12)11-16/h1-2,6-7,12-14H,3-5,8-11H2,(H,17,18)/b6-1+,7-2+. The van der Waals surface area contributed by atoms with Gasteiger partial charge in [0, 0.05) is 6.08 Å². The number of carboxylic acids is 1. The van der Waals surface area contributed by atoms with Crippen LogP contribution < -0.4 is 0 Å². The van der Waals surface area contributed by atoms with Gasteiger partial charge in [-0.15, -0.1) is 0 Å². The number of hydrogen-bond acceptors (Lipinski definition) is 1. The van der Waals surface area contributed by atoms with Gasteiger partial charge >= 0.3 is 5.97 Å². The molecule has 2 heteroatoms. The van der Waals surface area contributed by atoms with Crippen molar-refractivity contribution >= 4 is 5.97 Å². The van der Waals surface area contributed by atoms with Crippen LogP contribution >= 0.6 is 0 Å². The molecule has 3 saturated carbocycles. The van der Waals surface area contributed by atoms with Gasteiger partial charge in [-0.25, -0.2) is 4.79 Å². The first-order valence-electron chi connectivity index (χ1n) is 7.26. The van der Waals surface area contributed by atoms with Gasteiger partial charge in [-0.05, 0) is 48.9 Å². The van der Waals surface area contributed by atoms with Crippen LogP contribution in [0.5, 0.6) is 0 Å². The van der Waals surface area contributed by atoms with E-state index < -0.39 is 5.97 Å². The molecule has 0 aromatic rings. The number of fused-ring (bicyclic) bond motifs is 2. The SMILES string of the molecule is O=C(O)/C=C/C=C/C12CC3CCCC(C1)C(C3)C2. The maximum Gasteiger partial charge on any atom is 0.328 e. The molecular weight excluding hydrogens is 224 g/mol. The van der Waals surface area contributed by atoms with Gasteiger partial charge in [-0.2, -0.15) is 0 Å². The van der Waals surface area contributed by atoms with Crippen molar-refractivity contribution in [2.45, 2.75) is 44.9 Å². The molecule has 0 aliphatic heterocycles. The van der Waals surface area contributed by atoms with Crippen LogP contribution in [0.4, 0.5) is 0 Å². The average Bonchev–Trinajstić information content (AvgIpc) is 2.47. The minimum Gasteiger partial charge on any atom is -0.478 e. The Labute approximate surface area is 109 Å². The molecule has 3 rings (SSSR count).